The van der Waals surface area contributed by atoms with E-state index in [4.69, 9.17) is 0 Å². The van der Waals surface area contributed by atoms with Crippen molar-refractivity contribution >= 4 is 21.9 Å². The summed E-state index contributed by atoms with van der Waals surface area (Å²) in [5.41, 5.74) is 2.16. The summed E-state index contributed by atoms with van der Waals surface area (Å²) in [6, 6.07) is 16.4. The van der Waals surface area contributed by atoms with Gasteiger partial charge in [0.25, 0.3) is 0 Å². The van der Waals surface area contributed by atoms with E-state index in [0.717, 1.165) is 11.2 Å². The Kier molecular flexibility index (Phi) is 3.05. The predicted molar refractivity (Wildman–Crippen MR) is 87.9 cm³/mol. The number of nitrogens with zero attached hydrogens (tertiary/aromatic N) is 4. The standard InChI is InChI=1S/C11H8N2.C7H6N2/c1-2-4-10-9(3-1)5-7-13-8-6-12-11(10)13;1-2-4-9-6-8-5-7(9)3-1/h1-8H;1-6H. The fourth-order valence-corrected chi connectivity index (χ4v) is 2.51. The highest BCUT2D eigenvalue weighted by atomic mass is 15.0. The lowest BCUT2D eigenvalue weighted by atomic mass is 10.2. The van der Waals surface area contributed by atoms with E-state index in [-0.39, 0.29) is 0 Å². The van der Waals surface area contributed by atoms with Gasteiger partial charge in [0.2, 0.25) is 0 Å². The Morgan fingerprint density at radius 3 is 2.64 bits per heavy atom. The summed E-state index contributed by atoms with van der Waals surface area (Å²) in [6.07, 6.45) is 11.4. The third-order valence-corrected chi connectivity index (χ3v) is 3.61. The Morgan fingerprint density at radius 2 is 1.68 bits per heavy atom. The number of imidazole rings is 2. The van der Waals surface area contributed by atoms with E-state index in [0.29, 0.717) is 0 Å². The van der Waals surface area contributed by atoms with Crippen molar-refractivity contribution in [2.24, 2.45) is 0 Å². The fraction of sp³-hybridized carbons (Fsp3) is 0. The molecular formula is C18H14N4. The maximum Gasteiger partial charge on any atom is 0.144 e. The van der Waals surface area contributed by atoms with E-state index < -0.39 is 0 Å². The highest BCUT2D eigenvalue weighted by Crippen LogP contribution is 2.17. The van der Waals surface area contributed by atoms with Gasteiger partial charge < -0.3 is 8.80 Å². The lowest BCUT2D eigenvalue weighted by molar-refractivity contribution is 1.15. The van der Waals surface area contributed by atoms with Crippen LogP contribution >= 0.6 is 0 Å². The molecule has 4 aromatic heterocycles. The highest BCUT2D eigenvalue weighted by Gasteiger charge is 1.98. The van der Waals surface area contributed by atoms with E-state index in [1.54, 1.807) is 6.33 Å². The Bertz CT molecular complexity index is 1010. The molecule has 22 heavy (non-hydrogen) atoms. The van der Waals surface area contributed by atoms with Crippen LogP contribution in [0.15, 0.2) is 85.8 Å². The zero-order chi connectivity index (χ0) is 14.8. The molecule has 5 rings (SSSR count). The second-order valence-corrected chi connectivity index (χ2v) is 4.99. The number of benzene rings is 1. The molecule has 0 atom stereocenters. The molecule has 0 N–H and O–H groups in total. The highest BCUT2D eigenvalue weighted by molar-refractivity contribution is 5.93. The molecule has 0 aliphatic heterocycles. The maximum absolute atomic E-state index is 4.31. The predicted octanol–water partition coefficient (Wildman–Crippen LogP) is 3.82. The van der Waals surface area contributed by atoms with Crippen molar-refractivity contribution < 1.29 is 0 Å². The number of hydrogen-bond donors (Lipinski definition) is 0. The fourth-order valence-electron chi connectivity index (χ4n) is 2.51. The number of fused-ring (bicyclic) bond motifs is 4. The average molecular weight is 286 g/mol. The Hall–Kier alpha value is -3.14. The molecule has 4 heterocycles. The summed E-state index contributed by atoms with van der Waals surface area (Å²) in [4.78, 5) is 8.27. The van der Waals surface area contributed by atoms with E-state index in [1.165, 1.54) is 10.8 Å². The van der Waals surface area contributed by atoms with Crippen LogP contribution in [-0.4, -0.2) is 18.8 Å². The summed E-state index contributed by atoms with van der Waals surface area (Å²) >= 11 is 0. The molecule has 106 valence electrons. The Morgan fingerprint density at radius 1 is 0.773 bits per heavy atom. The van der Waals surface area contributed by atoms with Gasteiger partial charge in [0.1, 0.15) is 5.65 Å². The van der Waals surface area contributed by atoms with Crippen LogP contribution in [-0.2, 0) is 0 Å². The lowest BCUT2D eigenvalue weighted by Crippen LogP contribution is -1.83. The Labute approximate surface area is 127 Å². The molecule has 4 nitrogen and oxygen atoms in total. The summed E-state index contributed by atoms with van der Waals surface area (Å²) < 4.78 is 4.00. The minimum absolute atomic E-state index is 1.03. The zero-order valence-corrected chi connectivity index (χ0v) is 11.9. The molecule has 0 aliphatic rings. The van der Waals surface area contributed by atoms with Crippen molar-refractivity contribution in [3.8, 4) is 0 Å². The molecule has 5 aromatic rings. The van der Waals surface area contributed by atoms with Crippen LogP contribution in [0, 0.1) is 0 Å². The molecule has 4 heteroatoms. The van der Waals surface area contributed by atoms with E-state index in [9.17, 15) is 0 Å². The second kappa shape index (κ2) is 5.33. The van der Waals surface area contributed by atoms with Crippen molar-refractivity contribution in [1.29, 1.82) is 0 Å². The molecule has 1 aromatic carbocycles. The minimum Gasteiger partial charge on any atom is -0.307 e. The average Bonchev–Trinajstić information content (AvgIpc) is 3.24. The van der Waals surface area contributed by atoms with Crippen molar-refractivity contribution in [2.45, 2.75) is 0 Å². The third-order valence-electron chi connectivity index (χ3n) is 3.61. The molecule has 0 aliphatic carbocycles. The molecule has 0 unspecified atom stereocenters. The number of hydrogen-bond acceptors (Lipinski definition) is 2. The minimum atomic E-state index is 1.03. The van der Waals surface area contributed by atoms with Crippen LogP contribution in [0.5, 0.6) is 0 Å². The summed E-state index contributed by atoms with van der Waals surface area (Å²) in [5.74, 6) is 0. The first-order valence-electron chi connectivity index (χ1n) is 7.09. The molecule has 0 radical (unpaired) electrons. The quantitative estimate of drug-likeness (QED) is 0.434. The first-order chi connectivity index (χ1) is 10.9. The van der Waals surface area contributed by atoms with Gasteiger partial charge in [0.05, 0.1) is 18.0 Å². The summed E-state index contributed by atoms with van der Waals surface area (Å²) in [5, 5.41) is 2.44. The summed E-state index contributed by atoms with van der Waals surface area (Å²) in [6.45, 7) is 0. The van der Waals surface area contributed by atoms with E-state index in [2.05, 4.69) is 28.2 Å². The van der Waals surface area contributed by atoms with Crippen molar-refractivity contribution in [2.75, 3.05) is 0 Å². The van der Waals surface area contributed by atoms with Gasteiger partial charge in [0, 0.05) is 30.2 Å². The van der Waals surface area contributed by atoms with Crippen LogP contribution in [0.25, 0.3) is 21.9 Å². The number of pyridine rings is 2. The van der Waals surface area contributed by atoms with Crippen molar-refractivity contribution in [1.82, 2.24) is 18.8 Å². The topological polar surface area (TPSA) is 34.6 Å². The van der Waals surface area contributed by atoms with Gasteiger partial charge in [-0.1, -0.05) is 30.3 Å². The van der Waals surface area contributed by atoms with E-state index >= 15 is 0 Å². The zero-order valence-electron chi connectivity index (χ0n) is 11.9. The monoisotopic (exact) mass is 286 g/mol. The molecular weight excluding hydrogens is 272 g/mol. The normalized spacial score (nSPS) is 10.7. The molecule has 0 saturated heterocycles. The first kappa shape index (κ1) is 12.6. The van der Waals surface area contributed by atoms with Crippen LogP contribution < -0.4 is 0 Å². The largest absolute Gasteiger partial charge is 0.307 e. The third kappa shape index (κ3) is 2.20. The molecule has 0 amide bonds. The molecule has 0 saturated carbocycles. The van der Waals surface area contributed by atoms with Crippen molar-refractivity contribution in [3.63, 3.8) is 0 Å². The van der Waals surface area contributed by atoms with Gasteiger partial charge >= 0.3 is 0 Å². The molecule has 0 spiro atoms. The lowest BCUT2D eigenvalue weighted by Gasteiger charge is -1.98. The second-order valence-electron chi connectivity index (χ2n) is 4.99. The van der Waals surface area contributed by atoms with E-state index in [1.807, 2.05) is 70.1 Å². The maximum atomic E-state index is 4.31. The SMILES string of the molecule is c1ccc2c(c1)ccn1ccnc21.c1ccn2cncc2c1. The Balaban J connectivity index is 0.000000122. The van der Waals surface area contributed by atoms with Gasteiger partial charge in [-0.2, -0.15) is 0 Å². The summed E-state index contributed by atoms with van der Waals surface area (Å²) in [7, 11) is 0. The number of rotatable bonds is 0. The van der Waals surface area contributed by atoms with Gasteiger partial charge in [-0.3, -0.25) is 0 Å². The van der Waals surface area contributed by atoms with Gasteiger partial charge in [0.15, 0.2) is 0 Å². The van der Waals surface area contributed by atoms with Gasteiger partial charge in [-0.05, 0) is 23.6 Å². The van der Waals surface area contributed by atoms with Crippen LogP contribution in [0.2, 0.25) is 0 Å². The smallest absolute Gasteiger partial charge is 0.144 e. The van der Waals surface area contributed by atoms with Gasteiger partial charge in [-0.15, -0.1) is 0 Å². The van der Waals surface area contributed by atoms with Crippen LogP contribution in [0.1, 0.15) is 0 Å². The first-order valence-corrected chi connectivity index (χ1v) is 7.09. The van der Waals surface area contributed by atoms with Crippen LogP contribution in [0.4, 0.5) is 0 Å². The van der Waals surface area contributed by atoms with Crippen LogP contribution in [0.3, 0.4) is 0 Å². The van der Waals surface area contributed by atoms with Crippen molar-refractivity contribution in [3.05, 3.63) is 85.8 Å². The molecule has 0 bridgehead atoms. The molecule has 0 fully saturated rings. The number of aromatic nitrogens is 4. The van der Waals surface area contributed by atoms with Gasteiger partial charge in [-0.25, -0.2) is 9.97 Å².